The Hall–Kier alpha value is -0.160. The van der Waals surface area contributed by atoms with Gasteiger partial charge < -0.3 is 19.7 Å². The van der Waals surface area contributed by atoms with Gasteiger partial charge in [0, 0.05) is 7.11 Å². The average molecular weight is 162 g/mol. The van der Waals surface area contributed by atoms with Crippen LogP contribution in [0.5, 0.6) is 0 Å². The molecule has 1 aliphatic rings. The van der Waals surface area contributed by atoms with Crippen LogP contribution < -0.4 is 0 Å². The normalized spacial score (nSPS) is 44.7. The minimum atomic E-state index is -0.815. The minimum absolute atomic E-state index is 0.301. The summed E-state index contributed by atoms with van der Waals surface area (Å²) in [6.45, 7) is 2.05. The molecule has 11 heavy (non-hydrogen) atoms. The zero-order chi connectivity index (χ0) is 8.43. The SMILES string of the molecule is COC[C@H]1O[C@H](C)C(O)[C@@H]1O. The Morgan fingerprint density at radius 1 is 1.36 bits per heavy atom. The van der Waals surface area contributed by atoms with E-state index in [1.165, 1.54) is 7.11 Å². The van der Waals surface area contributed by atoms with Crippen LogP contribution in [0.2, 0.25) is 0 Å². The molecule has 0 aliphatic carbocycles. The Balaban J connectivity index is 2.45. The number of hydrogen-bond donors (Lipinski definition) is 2. The van der Waals surface area contributed by atoms with Gasteiger partial charge in [0.15, 0.2) is 0 Å². The second kappa shape index (κ2) is 3.49. The molecular formula is C7H14O4. The quantitative estimate of drug-likeness (QED) is 0.555. The zero-order valence-electron chi connectivity index (χ0n) is 6.73. The number of aliphatic hydroxyl groups is 2. The van der Waals surface area contributed by atoms with E-state index in [0.717, 1.165) is 0 Å². The predicted molar refractivity (Wildman–Crippen MR) is 38.2 cm³/mol. The van der Waals surface area contributed by atoms with Crippen LogP contribution in [0.4, 0.5) is 0 Å². The second-order valence-corrected chi connectivity index (χ2v) is 2.82. The molecule has 0 aromatic rings. The summed E-state index contributed by atoms with van der Waals surface area (Å²) in [5, 5.41) is 18.5. The van der Waals surface area contributed by atoms with E-state index in [1.807, 2.05) is 0 Å². The first-order valence-corrected chi connectivity index (χ1v) is 3.67. The van der Waals surface area contributed by atoms with Crippen LogP contribution >= 0.6 is 0 Å². The summed E-state index contributed by atoms with van der Waals surface area (Å²) in [5.41, 5.74) is 0. The molecule has 4 nitrogen and oxygen atoms in total. The standard InChI is InChI=1S/C7H14O4/c1-4-6(8)7(9)5(11-4)3-10-2/h4-9H,3H2,1-2H3/t4-,5-,6?,7-/m1/s1. The third-order valence-electron chi connectivity index (χ3n) is 1.93. The topological polar surface area (TPSA) is 58.9 Å². The highest BCUT2D eigenvalue weighted by molar-refractivity contribution is 4.87. The highest BCUT2D eigenvalue weighted by Gasteiger charge is 2.39. The van der Waals surface area contributed by atoms with Gasteiger partial charge in [-0.2, -0.15) is 0 Å². The van der Waals surface area contributed by atoms with Crippen LogP contribution in [-0.2, 0) is 9.47 Å². The van der Waals surface area contributed by atoms with Crippen molar-refractivity contribution < 1.29 is 19.7 Å². The van der Waals surface area contributed by atoms with E-state index in [-0.39, 0.29) is 12.2 Å². The molecule has 1 saturated heterocycles. The third-order valence-corrected chi connectivity index (χ3v) is 1.93. The lowest BCUT2D eigenvalue weighted by atomic mass is 10.1. The molecule has 0 spiro atoms. The molecule has 4 atom stereocenters. The summed E-state index contributed by atoms with van der Waals surface area (Å²) in [6.07, 6.45) is -2.28. The molecule has 4 heteroatoms. The van der Waals surface area contributed by atoms with Gasteiger partial charge in [-0.3, -0.25) is 0 Å². The molecule has 0 aromatic carbocycles. The van der Waals surface area contributed by atoms with E-state index in [9.17, 15) is 10.2 Å². The largest absolute Gasteiger partial charge is 0.388 e. The van der Waals surface area contributed by atoms with E-state index < -0.39 is 12.2 Å². The average Bonchev–Trinajstić information content (AvgIpc) is 2.19. The molecule has 0 saturated carbocycles. The lowest BCUT2D eigenvalue weighted by molar-refractivity contribution is -0.0290. The highest BCUT2D eigenvalue weighted by Crippen LogP contribution is 2.20. The van der Waals surface area contributed by atoms with Gasteiger partial charge in [0.2, 0.25) is 0 Å². The van der Waals surface area contributed by atoms with Gasteiger partial charge in [0.05, 0.1) is 12.7 Å². The van der Waals surface area contributed by atoms with Crippen molar-refractivity contribution in [2.75, 3.05) is 13.7 Å². The van der Waals surface area contributed by atoms with Crippen molar-refractivity contribution in [2.24, 2.45) is 0 Å². The number of rotatable bonds is 2. The molecular weight excluding hydrogens is 148 g/mol. The van der Waals surface area contributed by atoms with Crippen molar-refractivity contribution in [3.8, 4) is 0 Å². The second-order valence-electron chi connectivity index (χ2n) is 2.82. The van der Waals surface area contributed by atoms with Gasteiger partial charge in [-0.05, 0) is 6.92 Å². The van der Waals surface area contributed by atoms with Crippen LogP contribution in [0.25, 0.3) is 0 Å². The molecule has 0 bridgehead atoms. The number of aliphatic hydroxyl groups excluding tert-OH is 2. The van der Waals surface area contributed by atoms with Gasteiger partial charge in [-0.25, -0.2) is 0 Å². The maximum Gasteiger partial charge on any atom is 0.111 e. The lowest BCUT2D eigenvalue weighted by Gasteiger charge is -2.12. The summed E-state index contributed by atoms with van der Waals surface area (Å²) >= 11 is 0. The Labute approximate surface area is 65.7 Å². The molecule has 1 fully saturated rings. The number of methoxy groups -OCH3 is 1. The van der Waals surface area contributed by atoms with Gasteiger partial charge >= 0.3 is 0 Å². The van der Waals surface area contributed by atoms with E-state index in [2.05, 4.69) is 0 Å². The first-order valence-electron chi connectivity index (χ1n) is 3.67. The van der Waals surface area contributed by atoms with E-state index in [1.54, 1.807) is 6.92 Å². The molecule has 1 aliphatic heterocycles. The van der Waals surface area contributed by atoms with Gasteiger partial charge in [0.25, 0.3) is 0 Å². The molecule has 66 valence electrons. The van der Waals surface area contributed by atoms with E-state index >= 15 is 0 Å². The first-order chi connectivity index (χ1) is 5.16. The maximum atomic E-state index is 9.30. The third kappa shape index (κ3) is 1.70. The highest BCUT2D eigenvalue weighted by atomic mass is 16.6. The Kier molecular flexibility index (Phi) is 2.84. The number of ether oxygens (including phenoxy) is 2. The molecule has 0 amide bonds. The van der Waals surface area contributed by atoms with Crippen LogP contribution in [0, 0.1) is 0 Å². The van der Waals surface area contributed by atoms with Crippen molar-refractivity contribution >= 4 is 0 Å². The summed E-state index contributed by atoms with van der Waals surface area (Å²) in [4.78, 5) is 0. The van der Waals surface area contributed by atoms with Crippen LogP contribution in [0.15, 0.2) is 0 Å². The minimum Gasteiger partial charge on any atom is -0.388 e. The van der Waals surface area contributed by atoms with Gasteiger partial charge in [-0.15, -0.1) is 0 Å². The van der Waals surface area contributed by atoms with Crippen molar-refractivity contribution in [3.63, 3.8) is 0 Å². The monoisotopic (exact) mass is 162 g/mol. The van der Waals surface area contributed by atoms with Crippen molar-refractivity contribution in [2.45, 2.75) is 31.3 Å². The molecule has 1 unspecified atom stereocenters. The predicted octanol–water partition coefficient (Wildman–Crippen LogP) is -0.858. The Morgan fingerprint density at radius 2 is 2.00 bits per heavy atom. The van der Waals surface area contributed by atoms with E-state index in [4.69, 9.17) is 9.47 Å². The summed E-state index contributed by atoms with van der Waals surface area (Å²) in [6, 6.07) is 0. The Bertz CT molecular complexity index is 128. The van der Waals surface area contributed by atoms with Crippen LogP contribution in [0.3, 0.4) is 0 Å². The smallest absolute Gasteiger partial charge is 0.111 e. The fraction of sp³-hybridized carbons (Fsp3) is 1.00. The molecule has 1 rings (SSSR count). The van der Waals surface area contributed by atoms with Gasteiger partial charge in [0.1, 0.15) is 18.3 Å². The summed E-state index contributed by atoms with van der Waals surface area (Å²) in [7, 11) is 1.53. The van der Waals surface area contributed by atoms with Crippen molar-refractivity contribution in [1.29, 1.82) is 0 Å². The zero-order valence-corrected chi connectivity index (χ0v) is 6.73. The molecule has 1 heterocycles. The summed E-state index contributed by atoms with van der Waals surface area (Å²) < 4.78 is 10.00. The molecule has 0 radical (unpaired) electrons. The van der Waals surface area contributed by atoms with Crippen LogP contribution in [0.1, 0.15) is 6.92 Å². The van der Waals surface area contributed by atoms with E-state index in [0.29, 0.717) is 6.61 Å². The van der Waals surface area contributed by atoms with Crippen LogP contribution in [-0.4, -0.2) is 48.3 Å². The first kappa shape index (κ1) is 8.93. The lowest BCUT2D eigenvalue weighted by Crippen LogP contribution is -2.33. The van der Waals surface area contributed by atoms with Gasteiger partial charge in [-0.1, -0.05) is 0 Å². The Morgan fingerprint density at radius 3 is 2.36 bits per heavy atom. The fourth-order valence-electron chi connectivity index (χ4n) is 1.24. The van der Waals surface area contributed by atoms with Crippen molar-refractivity contribution in [3.05, 3.63) is 0 Å². The fourth-order valence-corrected chi connectivity index (χ4v) is 1.24. The summed E-state index contributed by atoms with van der Waals surface area (Å²) in [5.74, 6) is 0. The molecule has 0 aromatic heterocycles. The van der Waals surface area contributed by atoms with Crippen molar-refractivity contribution in [1.82, 2.24) is 0 Å². The molecule has 2 N–H and O–H groups in total. The maximum absolute atomic E-state index is 9.30. The number of hydrogen-bond acceptors (Lipinski definition) is 4.